The highest BCUT2D eigenvalue weighted by Crippen LogP contribution is 2.38. The van der Waals surface area contributed by atoms with Gasteiger partial charge in [0, 0.05) is 16.2 Å². The molecule has 104 valence electrons. The molecule has 1 heterocycles. The quantitative estimate of drug-likeness (QED) is 0.501. The summed E-state index contributed by atoms with van der Waals surface area (Å²) >= 11 is 3.81. The average Bonchev–Trinajstić information content (AvgIpc) is 2.82. The molecule has 4 rings (SSSR count). The highest BCUT2D eigenvalue weighted by atomic mass is 79.9. The van der Waals surface area contributed by atoms with Crippen molar-refractivity contribution in [3.8, 4) is 0 Å². The van der Waals surface area contributed by atoms with Crippen LogP contribution in [0.3, 0.4) is 0 Å². The third kappa shape index (κ3) is 1.96. The van der Waals surface area contributed by atoms with Gasteiger partial charge in [0.25, 0.3) is 0 Å². The number of nitrogens with zero attached hydrogens (tertiary/aromatic N) is 1. The molecule has 1 nitrogen and oxygen atoms in total. The first-order valence-corrected chi connectivity index (χ1v) is 8.66. The molecule has 0 aromatic carbocycles. The fraction of sp³-hybridized carbons (Fsp3) is 0.444. The Morgan fingerprint density at radius 1 is 0.950 bits per heavy atom. The summed E-state index contributed by atoms with van der Waals surface area (Å²) in [5.41, 5.74) is 6.20. The van der Waals surface area contributed by atoms with Gasteiger partial charge in [-0.05, 0) is 61.8 Å². The predicted octanol–water partition coefficient (Wildman–Crippen LogP) is 5.06. The minimum absolute atomic E-state index is 0.510. The van der Waals surface area contributed by atoms with E-state index in [4.69, 9.17) is 0 Å². The van der Waals surface area contributed by atoms with Crippen molar-refractivity contribution in [2.24, 2.45) is 0 Å². The summed E-state index contributed by atoms with van der Waals surface area (Å²) in [6.07, 6.45) is 21.4. The molecule has 0 saturated heterocycles. The van der Waals surface area contributed by atoms with Gasteiger partial charge in [-0.1, -0.05) is 40.2 Å². The number of allylic oxidation sites excluding steroid dienone is 4. The molecule has 0 amide bonds. The third-order valence-corrected chi connectivity index (χ3v) is 5.50. The fourth-order valence-electron chi connectivity index (χ4n) is 3.86. The van der Waals surface area contributed by atoms with Crippen LogP contribution in [-0.2, 0) is 12.8 Å². The number of alkyl halides is 1. The summed E-state index contributed by atoms with van der Waals surface area (Å²) in [7, 11) is 0. The summed E-state index contributed by atoms with van der Waals surface area (Å²) in [6, 6.07) is 0.510. The second-order valence-corrected chi connectivity index (χ2v) is 7.34. The maximum atomic E-state index is 3.81. The summed E-state index contributed by atoms with van der Waals surface area (Å²) in [6.45, 7) is 0. The molecule has 2 atom stereocenters. The van der Waals surface area contributed by atoms with Crippen molar-refractivity contribution in [3.05, 3.63) is 46.8 Å². The molecule has 3 aliphatic carbocycles. The number of rotatable bonds is 1. The molecule has 2 heteroatoms. The van der Waals surface area contributed by atoms with E-state index < -0.39 is 0 Å². The molecular formula is C18H20BrN. The molecule has 3 aliphatic rings. The molecule has 0 saturated carbocycles. The first-order chi connectivity index (χ1) is 9.84. The lowest BCUT2D eigenvalue weighted by molar-refractivity contribution is 0.524. The zero-order chi connectivity index (χ0) is 13.5. The standard InChI is InChI=1S/C18H20BrN/c19-13-6-5-7-14(12-13)20-17-10-3-1-8-15(17)16-9-2-4-11-18(16)20/h3-5,7,10-11,13-14H,1-2,6,8-9,12H2. The Bertz CT molecular complexity index is 578. The van der Waals surface area contributed by atoms with Gasteiger partial charge >= 0.3 is 0 Å². The summed E-state index contributed by atoms with van der Waals surface area (Å²) < 4.78 is 2.60. The number of hydrogen-bond acceptors (Lipinski definition) is 0. The molecule has 0 N–H and O–H groups in total. The van der Waals surface area contributed by atoms with Crippen molar-refractivity contribution >= 4 is 28.1 Å². The molecule has 2 unspecified atom stereocenters. The maximum Gasteiger partial charge on any atom is 0.0533 e. The van der Waals surface area contributed by atoms with Crippen LogP contribution in [-0.4, -0.2) is 9.39 Å². The van der Waals surface area contributed by atoms with Crippen molar-refractivity contribution in [3.63, 3.8) is 0 Å². The summed E-state index contributed by atoms with van der Waals surface area (Å²) in [4.78, 5) is 0.617. The van der Waals surface area contributed by atoms with Crippen LogP contribution in [0.5, 0.6) is 0 Å². The lowest BCUT2D eigenvalue weighted by Crippen LogP contribution is -2.18. The Morgan fingerprint density at radius 3 is 2.20 bits per heavy atom. The number of halogens is 1. The Balaban J connectivity index is 1.89. The average molecular weight is 330 g/mol. The summed E-state index contributed by atoms with van der Waals surface area (Å²) in [5, 5.41) is 0. The van der Waals surface area contributed by atoms with Gasteiger partial charge in [-0.25, -0.2) is 0 Å². The Hall–Kier alpha value is -1.02. The number of aromatic nitrogens is 1. The zero-order valence-electron chi connectivity index (χ0n) is 11.7. The molecule has 0 radical (unpaired) electrons. The van der Waals surface area contributed by atoms with E-state index in [9.17, 15) is 0 Å². The minimum Gasteiger partial charge on any atom is -0.334 e. The number of hydrogen-bond donors (Lipinski definition) is 0. The van der Waals surface area contributed by atoms with Crippen LogP contribution in [0.15, 0.2) is 24.3 Å². The lowest BCUT2D eigenvalue weighted by atomic mass is 9.94. The van der Waals surface area contributed by atoms with Gasteiger partial charge in [-0.3, -0.25) is 0 Å². The first kappa shape index (κ1) is 12.7. The van der Waals surface area contributed by atoms with Gasteiger partial charge in [0.2, 0.25) is 0 Å². The van der Waals surface area contributed by atoms with Crippen molar-refractivity contribution in [2.45, 2.75) is 49.4 Å². The van der Waals surface area contributed by atoms with Crippen LogP contribution in [0.2, 0.25) is 0 Å². The molecule has 0 fully saturated rings. The number of fused-ring (bicyclic) bond motifs is 3. The highest BCUT2D eigenvalue weighted by molar-refractivity contribution is 9.09. The minimum atomic E-state index is 0.510. The molecule has 0 spiro atoms. The lowest BCUT2D eigenvalue weighted by Gasteiger charge is -2.26. The van der Waals surface area contributed by atoms with E-state index in [2.05, 4.69) is 57.0 Å². The van der Waals surface area contributed by atoms with E-state index in [-0.39, 0.29) is 0 Å². The van der Waals surface area contributed by atoms with Crippen LogP contribution in [0.25, 0.3) is 12.2 Å². The SMILES string of the molecule is BrC1CC=CC(n2c3c(c4c2C=CCC4)CCC=C3)C1. The smallest absolute Gasteiger partial charge is 0.0533 e. The van der Waals surface area contributed by atoms with Crippen molar-refractivity contribution in [1.29, 1.82) is 0 Å². The molecule has 0 bridgehead atoms. The van der Waals surface area contributed by atoms with Crippen LogP contribution in [0.1, 0.15) is 54.2 Å². The van der Waals surface area contributed by atoms with E-state index >= 15 is 0 Å². The van der Waals surface area contributed by atoms with Crippen LogP contribution >= 0.6 is 15.9 Å². The van der Waals surface area contributed by atoms with Gasteiger partial charge in [0.1, 0.15) is 0 Å². The largest absolute Gasteiger partial charge is 0.334 e. The molecule has 1 aromatic heterocycles. The topological polar surface area (TPSA) is 4.93 Å². The molecule has 20 heavy (non-hydrogen) atoms. The van der Waals surface area contributed by atoms with Crippen molar-refractivity contribution in [1.82, 2.24) is 4.57 Å². The van der Waals surface area contributed by atoms with Gasteiger partial charge in [-0.15, -0.1) is 0 Å². The van der Waals surface area contributed by atoms with E-state index in [1.54, 1.807) is 11.1 Å². The normalized spacial score (nSPS) is 27.4. The van der Waals surface area contributed by atoms with Crippen molar-refractivity contribution < 1.29 is 0 Å². The fourth-order valence-corrected chi connectivity index (χ4v) is 4.46. The van der Waals surface area contributed by atoms with Crippen LogP contribution in [0, 0.1) is 0 Å². The monoisotopic (exact) mass is 329 g/mol. The van der Waals surface area contributed by atoms with E-state index in [1.807, 2.05) is 0 Å². The Morgan fingerprint density at radius 2 is 1.60 bits per heavy atom. The van der Waals surface area contributed by atoms with E-state index in [1.165, 1.54) is 43.5 Å². The third-order valence-electron chi connectivity index (χ3n) is 4.75. The zero-order valence-corrected chi connectivity index (χ0v) is 13.3. The molecular weight excluding hydrogens is 310 g/mol. The Kier molecular flexibility index (Phi) is 3.22. The van der Waals surface area contributed by atoms with Gasteiger partial charge in [0.05, 0.1) is 6.04 Å². The second-order valence-electron chi connectivity index (χ2n) is 6.04. The molecule has 0 aliphatic heterocycles. The summed E-state index contributed by atoms with van der Waals surface area (Å²) in [5.74, 6) is 0. The van der Waals surface area contributed by atoms with Crippen molar-refractivity contribution in [2.75, 3.05) is 0 Å². The van der Waals surface area contributed by atoms with Gasteiger partial charge in [-0.2, -0.15) is 0 Å². The highest BCUT2D eigenvalue weighted by Gasteiger charge is 2.27. The van der Waals surface area contributed by atoms with Gasteiger partial charge in [0.15, 0.2) is 0 Å². The Labute approximate surface area is 129 Å². The second kappa shape index (κ2) is 5.07. The van der Waals surface area contributed by atoms with Gasteiger partial charge < -0.3 is 4.57 Å². The van der Waals surface area contributed by atoms with E-state index in [0.29, 0.717) is 10.9 Å². The van der Waals surface area contributed by atoms with Crippen LogP contribution in [0.4, 0.5) is 0 Å². The predicted molar refractivity (Wildman–Crippen MR) is 89.3 cm³/mol. The van der Waals surface area contributed by atoms with E-state index in [0.717, 1.165) is 6.42 Å². The molecule has 1 aromatic rings. The van der Waals surface area contributed by atoms with Crippen LogP contribution < -0.4 is 0 Å². The maximum absolute atomic E-state index is 3.81. The first-order valence-electron chi connectivity index (χ1n) is 7.74.